The second-order valence-corrected chi connectivity index (χ2v) is 24.0. The third-order valence-electron chi connectivity index (χ3n) is 19.3. The van der Waals surface area contributed by atoms with E-state index in [1.54, 1.807) is 18.2 Å². The van der Waals surface area contributed by atoms with Gasteiger partial charge in [-0.1, -0.05) is 72.7 Å². The number of aliphatic imine (C=N–C) groups is 1. The Morgan fingerprint density at radius 2 is 1.76 bits per heavy atom. The standard InChI is InChI=1S/C65H74N6O17/c66-61(68-31-36-8-2-1-3-9-36)67-24-6-15-46(75)38-22-23-62(64-40(11-5-12-41(64)32-73)19-18-37-10-4-14-48(77)53(37)64)42(27-38)30-63(60(84)85)58(62)52-45(29-49(54(79)56(52)81)87-65(86)59(83)57(82)55(80)50(33-74)88-65)71(63)51(78)21-17-35-16-20-47(76)39(26-35)28-44-43(13-7-25-72)69-34-70-44/h1-4,8-10,14,16-17,20-23,25-26,29-30,34,38,40-41,46,50,55,57-59,73-77,79-83,86H,5-7,11-13,15,18-19,24,27-28,31-33H2,(H,69,70)(H,84,85)(H3,66,67,68)/b21-17+/t38-,40-,41-,46-,50+,55+,57-,58-,59+,62-,63+,64-,65-/m0/s1. The minimum Gasteiger partial charge on any atom is -0.508 e. The van der Waals surface area contributed by atoms with Crippen molar-refractivity contribution in [2.24, 2.45) is 33.9 Å². The number of H-pyrrole nitrogens is 1. The molecule has 23 nitrogen and oxygen atoms in total. The third-order valence-corrected chi connectivity index (χ3v) is 19.3. The number of phenols is 4. The summed E-state index contributed by atoms with van der Waals surface area (Å²) in [4.78, 5) is 55.2. The molecule has 2 aliphatic heterocycles. The topological polar surface area (TPSA) is 395 Å². The van der Waals surface area contributed by atoms with Crippen LogP contribution in [0.25, 0.3) is 6.08 Å². The molecule has 6 aliphatic rings. The number of nitrogens with zero attached hydrogens (tertiary/aromatic N) is 3. The highest BCUT2D eigenvalue weighted by molar-refractivity contribution is 6.14. The van der Waals surface area contributed by atoms with Crippen molar-refractivity contribution in [3.8, 4) is 28.7 Å². The van der Waals surface area contributed by atoms with Crippen molar-refractivity contribution in [3.63, 3.8) is 0 Å². The van der Waals surface area contributed by atoms with Crippen LogP contribution in [-0.4, -0.2) is 157 Å². The average Bonchev–Trinajstić information content (AvgIpc) is 1.43. The fourth-order valence-electron chi connectivity index (χ4n) is 15.6. The number of carbonyl (C=O) groups is 3. The molecule has 5 aromatic rings. The molecule has 0 bridgehead atoms. The van der Waals surface area contributed by atoms with Gasteiger partial charge in [0, 0.05) is 83.2 Å². The molecule has 3 heterocycles. The molecule has 4 aliphatic carbocycles. The number of aldehydes is 1. The highest BCUT2D eigenvalue weighted by atomic mass is 16.8. The predicted molar refractivity (Wildman–Crippen MR) is 318 cm³/mol. The molecule has 0 spiro atoms. The minimum atomic E-state index is -3.39. The third kappa shape index (κ3) is 10.2. The van der Waals surface area contributed by atoms with E-state index in [1.807, 2.05) is 42.5 Å². The van der Waals surface area contributed by atoms with Crippen molar-refractivity contribution < 1.29 is 85.1 Å². The fraction of sp³-hybridized carbons (Fsp3) is 0.431. The Morgan fingerprint density at radius 3 is 2.51 bits per heavy atom. The van der Waals surface area contributed by atoms with Gasteiger partial charge in [-0.05, 0) is 110 Å². The first kappa shape index (κ1) is 61.5. The summed E-state index contributed by atoms with van der Waals surface area (Å²) in [6, 6.07) is 20.2. The SMILES string of the molecule is NC(=NCc1ccccc1)NCCC[C@H](O)[C@H]1C=C[C@]2([C@@]34c5c(O)cccc5CC[C@@H]3CCC[C@H]4CO)C(=C[C@]3(C(=O)O)[C@H]2c2c(cc(O[C@]4(O)O[C@H](CO)[C@@H](O)[C@H](O)[C@H]4O)c(O)c2O)N3C(=O)/C=C/c2ccc(O)c(Cc3[nH]cnc3CCC=O)c2)C1. The van der Waals surface area contributed by atoms with E-state index in [9.17, 15) is 66.1 Å². The maximum Gasteiger partial charge on any atom is 0.355 e. The zero-order chi connectivity index (χ0) is 62.5. The number of rotatable bonds is 20. The quantitative estimate of drug-likeness (QED) is 0.00775. The molecule has 88 heavy (non-hydrogen) atoms. The number of aromatic hydroxyl groups is 4. The number of imidazole rings is 1. The number of nitrogens with two attached hydrogens (primary N) is 1. The smallest absolute Gasteiger partial charge is 0.355 e. The Hall–Kier alpha value is -8.13. The zero-order valence-electron chi connectivity index (χ0n) is 48.1. The molecule has 16 N–H and O–H groups in total. The Balaban J connectivity index is 1.08. The summed E-state index contributed by atoms with van der Waals surface area (Å²) >= 11 is 0. The number of carboxylic acid groups (broad SMARTS) is 1. The number of aromatic amines is 1. The lowest BCUT2D eigenvalue weighted by molar-refractivity contribution is -0.422. The number of amides is 1. The lowest BCUT2D eigenvalue weighted by Gasteiger charge is -2.64. The van der Waals surface area contributed by atoms with Crippen molar-refractivity contribution >= 4 is 35.9 Å². The van der Waals surface area contributed by atoms with E-state index in [4.69, 9.17) is 15.2 Å². The van der Waals surface area contributed by atoms with Gasteiger partial charge < -0.3 is 91.6 Å². The molecule has 1 saturated carbocycles. The summed E-state index contributed by atoms with van der Waals surface area (Å²) < 4.78 is 11.2. The number of aryl methyl sites for hydroxylation is 2. The van der Waals surface area contributed by atoms with Crippen molar-refractivity contribution in [1.29, 1.82) is 0 Å². The molecule has 1 aromatic heterocycles. The average molecular weight is 1210 g/mol. The molecular formula is C65H74N6O17. The summed E-state index contributed by atoms with van der Waals surface area (Å²) in [5.41, 5.74) is 4.24. The molecule has 1 amide bonds. The number of benzene rings is 4. The fourth-order valence-corrected chi connectivity index (χ4v) is 15.6. The van der Waals surface area contributed by atoms with Gasteiger partial charge in [0.25, 0.3) is 5.91 Å². The molecule has 11 rings (SSSR count). The van der Waals surface area contributed by atoms with Crippen LogP contribution >= 0.6 is 0 Å². The number of nitrogens with one attached hydrogen (secondary N) is 2. The number of hydrogen-bond donors (Lipinski definition) is 15. The molecule has 4 aromatic carbocycles. The molecule has 0 unspecified atom stereocenters. The second kappa shape index (κ2) is 24.4. The number of hydrogen-bond acceptors (Lipinski definition) is 18. The Bertz CT molecular complexity index is 3590. The molecule has 23 heteroatoms. The summed E-state index contributed by atoms with van der Waals surface area (Å²) in [6.07, 6.45) is 4.16. The molecule has 0 radical (unpaired) electrons. The summed E-state index contributed by atoms with van der Waals surface area (Å²) in [7, 11) is 0. The van der Waals surface area contributed by atoms with Crippen LogP contribution in [-0.2, 0) is 50.3 Å². The van der Waals surface area contributed by atoms with Gasteiger partial charge in [0.2, 0.25) is 5.75 Å². The second-order valence-electron chi connectivity index (χ2n) is 24.0. The number of carbonyl (C=O) groups excluding carboxylic acids is 2. The largest absolute Gasteiger partial charge is 0.508 e. The van der Waals surface area contributed by atoms with Crippen LogP contribution in [0.2, 0.25) is 0 Å². The number of guanidine groups is 1. The summed E-state index contributed by atoms with van der Waals surface area (Å²) in [5, 5.41) is 143. The Morgan fingerprint density at radius 1 is 0.966 bits per heavy atom. The van der Waals surface area contributed by atoms with Crippen LogP contribution in [0.5, 0.6) is 28.7 Å². The van der Waals surface area contributed by atoms with E-state index in [0.717, 1.165) is 34.5 Å². The zero-order valence-corrected chi connectivity index (χ0v) is 48.1. The predicted octanol–water partition coefficient (Wildman–Crippen LogP) is 3.46. The van der Waals surface area contributed by atoms with E-state index < -0.39 is 125 Å². The van der Waals surface area contributed by atoms with Crippen LogP contribution < -0.4 is 20.7 Å². The van der Waals surface area contributed by atoms with Crippen molar-refractivity contribution in [2.75, 3.05) is 24.7 Å². The normalized spacial score (nSPS) is 30.0. The van der Waals surface area contributed by atoms with Gasteiger partial charge in [-0.25, -0.2) is 14.8 Å². The van der Waals surface area contributed by atoms with E-state index in [-0.39, 0.29) is 48.7 Å². The number of fused-ring (bicyclic) bond motifs is 9. The molecule has 466 valence electrons. The number of aliphatic hydroxyl groups is 7. The monoisotopic (exact) mass is 1210 g/mol. The molecule has 2 fully saturated rings. The number of aromatic nitrogens is 2. The van der Waals surface area contributed by atoms with Crippen LogP contribution in [0, 0.1) is 23.2 Å². The minimum absolute atomic E-state index is 0.0279. The van der Waals surface area contributed by atoms with Crippen molar-refractivity contribution in [3.05, 3.63) is 154 Å². The van der Waals surface area contributed by atoms with Crippen LogP contribution in [0.4, 0.5) is 5.69 Å². The highest BCUT2D eigenvalue weighted by Crippen LogP contribution is 2.78. The van der Waals surface area contributed by atoms with E-state index in [2.05, 4.69) is 20.3 Å². The number of aliphatic hydroxyl groups excluding tert-OH is 6. The molecular weight excluding hydrogens is 1140 g/mol. The molecule has 13 atom stereocenters. The lowest BCUT2D eigenvalue weighted by Crippen LogP contribution is -2.67. The number of anilines is 1. The van der Waals surface area contributed by atoms with Gasteiger partial charge in [-0.2, -0.15) is 0 Å². The Kier molecular flexibility index (Phi) is 17.1. The van der Waals surface area contributed by atoms with Gasteiger partial charge in [0.1, 0.15) is 36.1 Å². The number of carboxylic acids is 1. The number of aliphatic carboxylic acids is 1. The first-order valence-electron chi connectivity index (χ1n) is 29.7. The number of ether oxygens (including phenoxy) is 2. The molecule has 1 saturated heterocycles. The van der Waals surface area contributed by atoms with E-state index in [1.165, 1.54) is 36.7 Å². The maximum atomic E-state index is 15.9. The Labute approximate surface area is 506 Å². The maximum absolute atomic E-state index is 15.9. The first-order chi connectivity index (χ1) is 42.3. The van der Waals surface area contributed by atoms with Crippen LogP contribution in [0.15, 0.2) is 114 Å². The van der Waals surface area contributed by atoms with Crippen molar-refractivity contribution in [1.82, 2.24) is 15.3 Å². The number of allylic oxidation sites excluding steroid dienone is 2. The van der Waals surface area contributed by atoms with Crippen molar-refractivity contribution in [2.45, 2.75) is 131 Å². The van der Waals surface area contributed by atoms with Crippen LogP contribution in [0.1, 0.15) is 102 Å². The van der Waals surface area contributed by atoms with Gasteiger partial charge >= 0.3 is 11.9 Å². The summed E-state index contributed by atoms with van der Waals surface area (Å²) in [5.74, 6) is -12.7. The lowest BCUT2D eigenvalue weighted by atomic mass is 9.38. The summed E-state index contributed by atoms with van der Waals surface area (Å²) in [6.45, 7) is -0.772. The number of phenolic OH excluding ortho intramolecular Hbond substituents is 4. The van der Waals surface area contributed by atoms with Gasteiger partial charge in [-0.15, -0.1) is 0 Å². The van der Waals surface area contributed by atoms with Gasteiger partial charge in [0.15, 0.2) is 29.1 Å². The first-order valence-corrected chi connectivity index (χ1v) is 29.7. The van der Waals surface area contributed by atoms with E-state index >= 15 is 9.59 Å². The van der Waals surface area contributed by atoms with Gasteiger partial charge in [0.05, 0.1) is 37.0 Å². The van der Waals surface area contributed by atoms with E-state index in [0.29, 0.717) is 91.7 Å². The van der Waals surface area contributed by atoms with Crippen LogP contribution in [0.3, 0.4) is 0 Å². The van der Waals surface area contributed by atoms with Gasteiger partial charge in [-0.3, -0.25) is 9.69 Å². The highest BCUT2D eigenvalue weighted by Gasteiger charge is 2.78.